The van der Waals surface area contributed by atoms with E-state index in [-0.39, 0.29) is 6.42 Å². The van der Waals surface area contributed by atoms with E-state index in [9.17, 15) is 14.7 Å². The SMILES string of the molecule is CC1(C)C[C@H](CC(=O)[O-])C(=O)O1. The van der Waals surface area contributed by atoms with Crippen molar-refractivity contribution in [2.45, 2.75) is 32.3 Å². The van der Waals surface area contributed by atoms with Gasteiger partial charge in [0.1, 0.15) is 5.60 Å². The molecule has 0 aromatic rings. The first-order valence-corrected chi connectivity index (χ1v) is 3.83. The summed E-state index contributed by atoms with van der Waals surface area (Å²) in [5, 5.41) is 10.2. The van der Waals surface area contributed by atoms with E-state index < -0.39 is 23.5 Å². The van der Waals surface area contributed by atoms with Gasteiger partial charge >= 0.3 is 5.97 Å². The molecule has 4 heteroatoms. The zero-order chi connectivity index (χ0) is 9.35. The maximum absolute atomic E-state index is 11.0. The average Bonchev–Trinajstić information content (AvgIpc) is 2.03. The second-order valence-electron chi connectivity index (χ2n) is 3.66. The third-order valence-electron chi connectivity index (χ3n) is 1.86. The fourth-order valence-electron chi connectivity index (χ4n) is 1.43. The number of carbonyl (C=O) groups is 2. The van der Waals surface area contributed by atoms with Crippen molar-refractivity contribution < 1.29 is 19.4 Å². The molecule has 0 saturated carbocycles. The molecule has 0 aromatic heterocycles. The van der Waals surface area contributed by atoms with E-state index in [1.807, 2.05) is 0 Å². The van der Waals surface area contributed by atoms with E-state index in [4.69, 9.17) is 4.74 Å². The summed E-state index contributed by atoms with van der Waals surface area (Å²) in [4.78, 5) is 21.2. The highest BCUT2D eigenvalue weighted by atomic mass is 16.6. The van der Waals surface area contributed by atoms with E-state index in [1.54, 1.807) is 13.8 Å². The third kappa shape index (κ3) is 1.96. The zero-order valence-electron chi connectivity index (χ0n) is 7.12. The van der Waals surface area contributed by atoms with Crippen LogP contribution in [0.5, 0.6) is 0 Å². The summed E-state index contributed by atoms with van der Waals surface area (Å²) >= 11 is 0. The normalized spacial score (nSPS) is 26.8. The Bertz CT molecular complexity index is 219. The maximum Gasteiger partial charge on any atom is 0.309 e. The summed E-state index contributed by atoms with van der Waals surface area (Å²) in [6.45, 7) is 3.53. The van der Waals surface area contributed by atoms with Crippen LogP contribution in [0, 0.1) is 5.92 Å². The molecule has 0 aromatic carbocycles. The minimum absolute atomic E-state index is 0.234. The fourth-order valence-corrected chi connectivity index (χ4v) is 1.43. The van der Waals surface area contributed by atoms with Gasteiger partial charge in [-0.15, -0.1) is 0 Å². The minimum atomic E-state index is -1.20. The standard InChI is InChI=1S/C8H12O4/c1-8(2)4-5(3-6(9)10)7(11)12-8/h5H,3-4H2,1-2H3,(H,9,10)/p-1/t5-/m0/s1. The molecule has 1 fully saturated rings. The second-order valence-corrected chi connectivity index (χ2v) is 3.66. The molecular formula is C8H11O4-. The number of cyclic esters (lactones) is 1. The third-order valence-corrected chi connectivity index (χ3v) is 1.86. The van der Waals surface area contributed by atoms with E-state index in [0.717, 1.165) is 0 Å². The molecule has 4 nitrogen and oxygen atoms in total. The van der Waals surface area contributed by atoms with Gasteiger partial charge in [-0.3, -0.25) is 4.79 Å². The van der Waals surface area contributed by atoms with Crippen molar-refractivity contribution in [2.75, 3.05) is 0 Å². The Labute approximate surface area is 70.5 Å². The molecule has 0 N–H and O–H groups in total. The lowest BCUT2D eigenvalue weighted by atomic mass is 9.95. The molecule has 0 bridgehead atoms. The number of carboxylic acids is 1. The van der Waals surface area contributed by atoms with Crippen LogP contribution in [0.4, 0.5) is 0 Å². The molecule has 0 radical (unpaired) electrons. The quantitative estimate of drug-likeness (QED) is 0.524. The van der Waals surface area contributed by atoms with Crippen LogP contribution in [0.25, 0.3) is 0 Å². The summed E-state index contributed by atoms with van der Waals surface area (Å²) in [5.41, 5.74) is -0.517. The van der Waals surface area contributed by atoms with Gasteiger partial charge in [0.15, 0.2) is 0 Å². The highest BCUT2D eigenvalue weighted by molar-refractivity contribution is 5.80. The van der Waals surface area contributed by atoms with Crippen LogP contribution in [-0.2, 0) is 14.3 Å². The molecule has 1 aliphatic heterocycles. The van der Waals surface area contributed by atoms with Gasteiger partial charge in [-0.05, 0) is 13.8 Å². The molecule has 0 unspecified atom stereocenters. The van der Waals surface area contributed by atoms with E-state index in [2.05, 4.69) is 0 Å². The highest BCUT2D eigenvalue weighted by Gasteiger charge is 2.39. The Balaban J connectivity index is 2.58. The van der Waals surface area contributed by atoms with Gasteiger partial charge in [-0.1, -0.05) is 0 Å². The summed E-state index contributed by atoms with van der Waals surface area (Å²) in [6, 6.07) is 0. The first kappa shape index (κ1) is 9.03. The molecule has 0 aliphatic carbocycles. The predicted octanol–water partition coefficient (Wildman–Crippen LogP) is -0.532. The van der Waals surface area contributed by atoms with Gasteiger partial charge in [0.25, 0.3) is 0 Å². The molecule has 68 valence electrons. The lowest BCUT2D eigenvalue weighted by Gasteiger charge is -2.14. The first-order valence-electron chi connectivity index (χ1n) is 3.83. The van der Waals surface area contributed by atoms with Crippen molar-refractivity contribution in [1.82, 2.24) is 0 Å². The summed E-state index contributed by atoms with van der Waals surface area (Å²) in [5.74, 6) is -2.15. The average molecular weight is 171 g/mol. The fraction of sp³-hybridized carbons (Fsp3) is 0.750. The number of ether oxygens (including phenoxy) is 1. The largest absolute Gasteiger partial charge is 0.550 e. The Hall–Kier alpha value is -1.06. The van der Waals surface area contributed by atoms with Crippen molar-refractivity contribution >= 4 is 11.9 Å². The second kappa shape index (κ2) is 2.77. The Morgan fingerprint density at radius 1 is 1.75 bits per heavy atom. The maximum atomic E-state index is 11.0. The Morgan fingerprint density at radius 2 is 2.33 bits per heavy atom. The molecule has 1 atom stereocenters. The summed E-state index contributed by atoms with van der Waals surface area (Å²) < 4.78 is 4.93. The van der Waals surface area contributed by atoms with Crippen molar-refractivity contribution in [1.29, 1.82) is 0 Å². The predicted molar refractivity (Wildman–Crippen MR) is 37.9 cm³/mol. The highest BCUT2D eigenvalue weighted by Crippen LogP contribution is 2.31. The van der Waals surface area contributed by atoms with Crippen molar-refractivity contribution in [2.24, 2.45) is 5.92 Å². The van der Waals surface area contributed by atoms with Gasteiger partial charge in [0.2, 0.25) is 0 Å². The number of aliphatic carboxylic acids is 1. The van der Waals surface area contributed by atoms with E-state index >= 15 is 0 Å². The number of hydrogen-bond donors (Lipinski definition) is 0. The van der Waals surface area contributed by atoms with Crippen LogP contribution in [0.1, 0.15) is 26.7 Å². The number of hydrogen-bond acceptors (Lipinski definition) is 4. The van der Waals surface area contributed by atoms with Gasteiger partial charge in [0, 0.05) is 18.8 Å². The minimum Gasteiger partial charge on any atom is -0.550 e. The molecule has 1 rings (SSSR count). The van der Waals surface area contributed by atoms with Crippen molar-refractivity contribution in [3.63, 3.8) is 0 Å². The zero-order valence-corrected chi connectivity index (χ0v) is 7.12. The molecular weight excluding hydrogens is 160 g/mol. The van der Waals surface area contributed by atoms with Crippen LogP contribution in [0.3, 0.4) is 0 Å². The van der Waals surface area contributed by atoms with Crippen LogP contribution in [0.15, 0.2) is 0 Å². The molecule has 1 heterocycles. The molecule has 0 amide bonds. The van der Waals surface area contributed by atoms with Crippen molar-refractivity contribution in [3.8, 4) is 0 Å². The molecule has 1 aliphatic rings. The van der Waals surface area contributed by atoms with Gasteiger partial charge in [-0.25, -0.2) is 0 Å². The number of carbonyl (C=O) groups excluding carboxylic acids is 2. The summed E-state index contributed by atoms with van der Waals surface area (Å²) in [7, 11) is 0. The van der Waals surface area contributed by atoms with E-state index in [1.165, 1.54) is 0 Å². The lowest BCUT2D eigenvalue weighted by Crippen LogP contribution is -2.26. The van der Waals surface area contributed by atoms with Gasteiger partial charge in [0.05, 0.1) is 5.92 Å². The van der Waals surface area contributed by atoms with Crippen LogP contribution in [-0.4, -0.2) is 17.5 Å². The molecule has 12 heavy (non-hydrogen) atoms. The van der Waals surface area contributed by atoms with Crippen LogP contribution < -0.4 is 5.11 Å². The van der Waals surface area contributed by atoms with Crippen LogP contribution >= 0.6 is 0 Å². The van der Waals surface area contributed by atoms with Gasteiger partial charge < -0.3 is 14.6 Å². The first-order chi connectivity index (χ1) is 5.41. The Morgan fingerprint density at radius 3 is 2.67 bits per heavy atom. The lowest BCUT2D eigenvalue weighted by molar-refractivity contribution is -0.306. The van der Waals surface area contributed by atoms with Gasteiger partial charge in [-0.2, -0.15) is 0 Å². The number of rotatable bonds is 2. The summed E-state index contributed by atoms with van der Waals surface area (Å²) in [6.07, 6.45) is 0.224. The monoisotopic (exact) mass is 171 g/mol. The van der Waals surface area contributed by atoms with E-state index in [0.29, 0.717) is 6.42 Å². The number of esters is 1. The number of carboxylic acid groups (broad SMARTS) is 1. The Kier molecular flexibility index (Phi) is 2.08. The smallest absolute Gasteiger partial charge is 0.309 e. The topological polar surface area (TPSA) is 66.4 Å². The molecule has 0 spiro atoms. The van der Waals surface area contributed by atoms with Crippen LogP contribution in [0.2, 0.25) is 0 Å². The molecule has 1 saturated heterocycles. The van der Waals surface area contributed by atoms with Crippen molar-refractivity contribution in [3.05, 3.63) is 0 Å².